The maximum Gasteiger partial charge on any atom is 0.305 e. The molecule has 1 aliphatic rings. The van der Waals surface area contributed by atoms with Gasteiger partial charge in [0, 0.05) is 19.9 Å². The standard InChI is InChI=1S/C25H31N5O11/c1-14(33)26-16(6-7-22(36)37)24(40)28-17-8-9-29(21(35)13-32)18-4-2-3-5-19(18)30(25(17)41)11-20(34)27-15(12-31)10-23(38)39/h2-5,12,15-17,32H,6-11,13H2,1H3,(H,26,33)(H,27,34)(H,28,40)(H,36,37)(H,38,39)/t15-,16-,17-/m0/s1. The first-order chi connectivity index (χ1) is 19.4. The van der Waals surface area contributed by atoms with Gasteiger partial charge >= 0.3 is 11.9 Å². The van der Waals surface area contributed by atoms with Crippen LogP contribution >= 0.6 is 0 Å². The first-order valence-electron chi connectivity index (χ1n) is 12.4. The van der Waals surface area contributed by atoms with Gasteiger partial charge in [-0.15, -0.1) is 0 Å². The van der Waals surface area contributed by atoms with Gasteiger partial charge in [0.25, 0.3) is 5.91 Å². The number of carbonyl (C=O) groups excluding carboxylic acids is 6. The van der Waals surface area contributed by atoms with E-state index in [1.54, 1.807) is 6.07 Å². The fourth-order valence-electron chi connectivity index (χ4n) is 4.14. The second-order valence-electron chi connectivity index (χ2n) is 9.06. The Balaban J connectivity index is 2.46. The lowest BCUT2D eigenvalue weighted by Crippen LogP contribution is -2.57. The molecule has 0 saturated carbocycles. The van der Waals surface area contributed by atoms with E-state index in [-0.39, 0.29) is 37.0 Å². The van der Waals surface area contributed by atoms with Crippen molar-refractivity contribution in [2.24, 2.45) is 0 Å². The van der Waals surface area contributed by atoms with Crippen molar-refractivity contribution < 1.29 is 53.7 Å². The van der Waals surface area contributed by atoms with Crippen molar-refractivity contribution in [1.29, 1.82) is 0 Å². The van der Waals surface area contributed by atoms with Crippen molar-refractivity contribution >= 4 is 59.1 Å². The van der Waals surface area contributed by atoms with Gasteiger partial charge in [0.15, 0.2) is 0 Å². The molecule has 1 aromatic rings. The Labute approximate surface area is 233 Å². The zero-order valence-corrected chi connectivity index (χ0v) is 22.1. The minimum atomic E-state index is -1.39. The minimum Gasteiger partial charge on any atom is -0.481 e. The lowest BCUT2D eigenvalue weighted by atomic mass is 10.0. The van der Waals surface area contributed by atoms with Gasteiger partial charge in [0.1, 0.15) is 31.5 Å². The summed E-state index contributed by atoms with van der Waals surface area (Å²) in [6.45, 7) is -0.676. The fraction of sp³-hybridized carbons (Fsp3) is 0.440. The van der Waals surface area contributed by atoms with Crippen molar-refractivity contribution in [2.75, 3.05) is 29.5 Å². The fourth-order valence-corrected chi connectivity index (χ4v) is 4.14. The van der Waals surface area contributed by atoms with Crippen LogP contribution < -0.4 is 25.8 Å². The third kappa shape index (κ3) is 9.38. The third-order valence-electron chi connectivity index (χ3n) is 5.97. The van der Waals surface area contributed by atoms with Gasteiger partial charge in [-0.2, -0.15) is 0 Å². The van der Waals surface area contributed by atoms with Crippen LogP contribution in [0, 0.1) is 0 Å². The Hall–Kier alpha value is -4.86. The number of amides is 5. The highest BCUT2D eigenvalue weighted by atomic mass is 16.4. The van der Waals surface area contributed by atoms with E-state index in [1.165, 1.54) is 18.2 Å². The molecule has 2 rings (SSSR count). The van der Waals surface area contributed by atoms with Crippen LogP contribution in [-0.2, 0) is 38.4 Å². The summed E-state index contributed by atoms with van der Waals surface area (Å²) in [6, 6.07) is 1.84. The van der Waals surface area contributed by atoms with Gasteiger partial charge < -0.3 is 41.0 Å². The molecule has 0 bridgehead atoms. The zero-order chi connectivity index (χ0) is 30.7. The number of rotatable bonds is 13. The summed E-state index contributed by atoms with van der Waals surface area (Å²) >= 11 is 0. The molecule has 16 nitrogen and oxygen atoms in total. The summed E-state index contributed by atoms with van der Waals surface area (Å²) in [5.41, 5.74) is 0.200. The van der Waals surface area contributed by atoms with Crippen LogP contribution in [0.5, 0.6) is 0 Å². The number of carboxylic acid groups (broad SMARTS) is 2. The van der Waals surface area contributed by atoms with Crippen LogP contribution in [0.25, 0.3) is 0 Å². The van der Waals surface area contributed by atoms with Gasteiger partial charge in [-0.3, -0.25) is 38.5 Å². The number of aliphatic carboxylic acids is 2. The SMILES string of the molecule is CC(=O)N[C@@H](CCC(=O)O)C(=O)N[C@H]1CCN(C(=O)CO)c2ccccc2N(CC(=O)N[C@H](C=O)CC(=O)O)C1=O. The van der Waals surface area contributed by atoms with E-state index in [2.05, 4.69) is 16.0 Å². The number of nitrogens with one attached hydrogen (secondary N) is 3. The molecule has 0 radical (unpaired) electrons. The Morgan fingerprint density at radius 1 is 1.05 bits per heavy atom. The summed E-state index contributed by atoms with van der Waals surface area (Å²) in [5.74, 6) is -6.58. The molecular formula is C25H31N5O11. The van der Waals surface area contributed by atoms with E-state index >= 15 is 0 Å². The van der Waals surface area contributed by atoms with Gasteiger partial charge in [-0.1, -0.05) is 12.1 Å². The molecule has 222 valence electrons. The Bertz CT molecular complexity index is 1200. The largest absolute Gasteiger partial charge is 0.481 e. The number of hydrogen-bond donors (Lipinski definition) is 6. The average molecular weight is 578 g/mol. The average Bonchev–Trinajstić information content (AvgIpc) is 2.91. The maximum absolute atomic E-state index is 13.8. The van der Waals surface area contributed by atoms with Crippen LogP contribution in [0.2, 0.25) is 0 Å². The summed E-state index contributed by atoms with van der Waals surface area (Å²) in [6.07, 6.45) is -1.45. The van der Waals surface area contributed by atoms with Crippen LogP contribution in [0.3, 0.4) is 0 Å². The molecule has 1 aromatic carbocycles. The third-order valence-corrected chi connectivity index (χ3v) is 5.97. The van der Waals surface area contributed by atoms with E-state index in [0.29, 0.717) is 0 Å². The molecule has 0 fully saturated rings. The van der Waals surface area contributed by atoms with Gasteiger partial charge in [-0.05, 0) is 25.0 Å². The van der Waals surface area contributed by atoms with Crippen LogP contribution in [0.15, 0.2) is 24.3 Å². The van der Waals surface area contributed by atoms with Crippen LogP contribution in [-0.4, -0.2) is 101 Å². The molecule has 0 saturated heterocycles. The number of carboxylic acids is 2. The summed E-state index contributed by atoms with van der Waals surface area (Å²) in [4.78, 5) is 99.2. The van der Waals surface area contributed by atoms with Crippen molar-refractivity contribution in [2.45, 2.75) is 50.7 Å². The number of fused-ring (bicyclic) bond motifs is 1. The predicted molar refractivity (Wildman–Crippen MR) is 140 cm³/mol. The van der Waals surface area contributed by atoms with Gasteiger partial charge in [0.05, 0.1) is 23.8 Å². The van der Waals surface area contributed by atoms with E-state index in [1.807, 2.05) is 0 Å². The van der Waals surface area contributed by atoms with E-state index in [4.69, 9.17) is 10.2 Å². The molecule has 0 aliphatic carbocycles. The van der Waals surface area contributed by atoms with Crippen molar-refractivity contribution in [3.8, 4) is 0 Å². The number of aliphatic hydroxyl groups excluding tert-OH is 1. The Morgan fingerprint density at radius 3 is 2.27 bits per heavy atom. The highest BCUT2D eigenvalue weighted by Gasteiger charge is 2.36. The number of anilines is 2. The first-order valence-corrected chi connectivity index (χ1v) is 12.4. The number of nitrogens with zero attached hydrogens (tertiary/aromatic N) is 2. The number of para-hydroxylation sites is 2. The summed E-state index contributed by atoms with van der Waals surface area (Å²) in [5, 5.41) is 34.5. The second-order valence-corrected chi connectivity index (χ2v) is 9.06. The quantitative estimate of drug-likeness (QED) is 0.137. The first kappa shape index (κ1) is 32.4. The molecule has 0 unspecified atom stereocenters. The second kappa shape index (κ2) is 15.1. The van der Waals surface area contributed by atoms with Crippen molar-refractivity contribution in [1.82, 2.24) is 16.0 Å². The predicted octanol–water partition coefficient (Wildman–Crippen LogP) is -2.24. The molecule has 5 amide bonds. The lowest BCUT2D eigenvalue weighted by molar-refractivity contribution is -0.139. The monoisotopic (exact) mass is 577 g/mol. The molecule has 0 spiro atoms. The van der Waals surface area contributed by atoms with E-state index < -0.39 is 85.6 Å². The molecule has 41 heavy (non-hydrogen) atoms. The van der Waals surface area contributed by atoms with E-state index in [0.717, 1.165) is 16.7 Å². The van der Waals surface area contributed by atoms with Crippen LogP contribution in [0.1, 0.15) is 32.6 Å². The highest BCUT2D eigenvalue weighted by Crippen LogP contribution is 2.32. The van der Waals surface area contributed by atoms with Crippen molar-refractivity contribution in [3.05, 3.63) is 24.3 Å². The molecule has 1 aliphatic heterocycles. The topological polar surface area (TPSA) is 240 Å². The highest BCUT2D eigenvalue weighted by molar-refractivity contribution is 6.08. The minimum absolute atomic E-state index is 0.0403. The van der Waals surface area contributed by atoms with Crippen LogP contribution in [0.4, 0.5) is 11.4 Å². The summed E-state index contributed by atoms with van der Waals surface area (Å²) in [7, 11) is 0. The molecule has 1 heterocycles. The molecule has 6 N–H and O–H groups in total. The Morgan fingerprint density at radius 2 is 1.71 bits per heavy atom. The normalized spacial score (nSPS) is 16.2. The molecule has 16 heteroatoms. The number of carbonyl (C=O) groups is 8. The molecule has 3 atom stereocenters. The smallest absolute Gasteiger partial charge is 0.305 e. The number of aliphatic hydroxyl groups is 1. The van der Waals surface area contributed by atoms with Gasteiger partial charge in [0.2, 0.25) is 23.6 Å². The number of hydrogen-bond acceptors (Lipinski definition) is 9. The molecule has 0 aromatic heterocycles. The summed E-state index contributed by atoms with van der Waals surface area (Å²) < 4.78 is 0. The number of aldehydes is 1. The maximum atomic E-state index is 13.8. The van der Waals surface area contributed by atoms with Crippen molar-refractivity contribution in [3.63, 3.8) is 0 Å². The number of benzene rings is 1. The molecular weight excluding hydrogens is 546 g/mol. The zero-order valence-electron chi connectivity index (χ0n) is 22.1. The Kier molecular flexibility index (Phi) is 11.9. The van der Waals surface area contributed by atoms with E-state index in [9.17, 15) is 43.5 Å². The van der Waals surface area contributed by atoms with Gasteiger partial charge in [-0.25, -0.2) is 0 Å². The lowest BCUT2D eigenvalue weighted by Gasteiger charge is -2.36.